The minimum Gasteiger partial charge on any atom is -0.726 e. The second-order valence-electron chi connectivity index (χ2n) is 18.2. The predicted octanol–water partition coefficient (Wildman–Crippen LogP) is 16.6. The van der Waals surface area contributed by atoms with Gasteiger partial charge < -0.3 is 9.11 Å². The Morgan fingerprint density at radius 1 is 0.349 bits per heavy atom. The molecule has 0 fully saturated rings. The molecule has 2 unspecified atom stereocenters. The van der Waals surface area contributed by atoms with Crippen LogP contribution in [0.15, 0.2) is 24.3 Å². The van der Waals surface area contributed by atoms with Gasteiger partial charge in [0.15, 0.2) is 0 Å². The smallest absolute Gasteiger partial charge is 0.726 e. The maximum absolute atomic E-state index is 10.8. The van der Waals surface area contributed by atoms with E-state index in [2.05, 4.69) is 60.4 Å². The topological polar surface area (TPSA) is 133 Å². The van der Waals surface area contributed by atoms with Crippen LogP contribution in [0.5, 0.6) is 0 Å². The van der Waals surface area contributed by atoms with Crippen molar-refractivity contribution in [2.24, 2.45) is 11.8 Å². The van der Waals surface area contributed by atoms with Crippen LogP contribution < -0.4 is 0 Å². The van der Waals surface area contributed by atoms with E-state index in [4.69, 9.17) is 0 Å². The zero-order valence-corrected chi connectivity index (χ0v) is 45.8. The Labute approximate surface area is 423 Å². The molecule has 8 nitrogen and oxygen atoms in total. The van der Waals surface area contributed by atoms with Crippen LogP contribution in [0.1, 0.15) is 285 Å². The zero-order valence-electron chi connectivity index (χ0n) is 42.0. The van der Waals surface area contributed by atoms with Gasteiger partial charge in [-0.05, 0) is 38.5 Å². The maximum atomic E-state index is 10.8. The van der Waals surface area contributed by atoms with Gasteiger partial charge in [-0.3, -0.25) is 8.37 Å². The molecular formula is C52H102CaO8S2. The Bertz CT molecular complexity index is 1070. The number of hydrogen-bond acceptors (Lipinski definition) is 8. The first-order chi connectivity index (χ1) is 30.0. The second-order valence-corrected chi connectivity index (χ2v) is 20.3. The molecule has 0 spiro atoms. The summed E-state index contributed by atoms with van der Waals surface area (Å²) in [7, 11) is -9.22. The Hall–Kier alpha value is 0.480. The quantitative estimate of drug-likeness (QED) is 0.0194. The van der Waals surface area contributed by atoms with Crippen molar-refractivity contribution >= 4 is 58.5 Å². The van der Waals surface area contributed by atoms with E-state index in [0.29, 0.717) is 0 Å². The van der Waals surface area contributed by atoms with Crippen molar-refractivity contribution < 1.29 is 34.3 Å². The Morgan fingerprint density at radius 2 is 0.556 bits per heavy atom. The van der Waals surface area contributed by atoms with Crippen LogP contribution >= 0.6 is 0 Å². The molecular weight excluding hydrogens is 857 g/mol. The molecule has 0 radical (unpaired) electrons. The molecule has 0 N–H and O–H groups in total. The summed E-state index contributed by atoms with van der Waals surface area (Å²) in [5.74, 6) is 0.0405. The van der Waals surface area contributed by atoms with E-state index in [-0.39, 0.29) is 62.8 Å². The molecule has 0 bridgehead atoms. The van der Waals surface area contributed by atoms with Crippen LogP contribution in [0.3, 0.4) is 0 Å². The maximum Gasteiger partial charge on any atom is 2.00 e. The van der Waals surface area contributed by atoms with E-state index in [1.807, 2.05) is 0 Å². The standard InChI is InChI=1S/2C26H52O4S.Ca/c2*1-3-5-7-9-11-13-14-16-18-20-22-24-26(25-30-31(27,28)29)23-21-19-17-15-12-10-8-6-4-2;/h2*21,23,26H,3-20,22,24-25H2,1-2H3,(H,27,28,29);/q;;+2/p-2/b2*23-21+;. The van der Waals surface area contributed by atoms with Gasteiger partial charge in [-0.2, -0.15) is 0 Å². The fraction of sp³-hybridized carbons (Fsp3) is 0.923. The summed E-state index contributed by atoms with van der Waals surface area (Å²) in [6.45, 7) is 8.94. The van der Waals surface area contributed by atoms with E-state index in [1.165, 1.54) is 218 Å². The van der Waals surface area contributed by atoms with E-state index in [0.717, 1.165) is 38.5 Å². The monoisotopic (exact) mass is 959 g/mol. The molecule has 0 rings (SSSR count). The SMILES string of the molecule is CCCCCCCCC/C=C/C(CCCCCCCCCCCCC)COS(=O)(=O)[O-].CCCCCCCCC/C=C/C(CCCCCCCCCCCCC)COS(=O)(=O)[O-].[Ca+2]. The Morgan fingerprint density at radius 3 is 0.778 bits per heavy atom. The number of rotatable bonds is 48. The molecule has 0 saturated heterocycles. The van der Waals surface area contributed by atoms with Crippen LogP contribution in [-0.4, -0.2) is 76.9 Å². The average molecular weight is 960 g/mol. The van der Waals surface area contributed by atoms with E-state index in [1.54, 1.807) is 0 Å². The summed E-state index contributed by atoms with van der Waals surface area (Å²) in [4.78, 5) is 0. The molecule has 0 aliphatic rings. The zero-order chi connectivity index (χ0) is 46.1. The molecule has 0 aromatic heterocycles. The van der Waals surface area contributed by atoms with E-state index < -0.39 is 20.8 Å². The van der Waals surface area contributed by atoms with Gasteiger partial charge in [-0.1, -0.05) is 270 Å². The third-order valence-corrected chi connectivity index (χ3v) is 12.8. The summed E-state index contributed by atoms with van der Waals surface area (Å²) < 4.78 is 74.0. The predicted molar refractivity (Wildman–Crippen MR) is 270 cm³/mol. The first kappa shape index (κ1) is 67.7. The van der Waals surface area contributed by atoms with Crippen molar-refractivity contribution in [1.82, 2.24) is 0 Å². The number of hydrogen-bond donors (Lipinski definition) is 0. The summed E-state index contributed by atoms with van der Waals surface area (Å²) in [5.41, 5.74) is 0. The van der Waals surface area contributed by atoms with Crippen molar-refractivity contribution in [3.8, 4) is 0 Å². The first-order valence-electron chi connectivity index (χ1n) is 26.5. The molecule has 372 valence electrons. The van der Waals surface area contributed by atoms with Crippen LogP contribution in [0.25, 0.3) is 0 Å². The molecule has 0 aliphatic carbocycles. The van der Waals surface area contributed by atoms with Crippen LogP contribution in [-0.2, 0) is 29.2 Å². The van der Waals surface area contributed by atoms with Gasteiger partial charge in [0.2, 0.25) is 20.8 Å². The first-order valence-corrected chi connectivity index (χ1v) is 29.2. The molecule has 0 heterocycles. The van der Waals surface area contributed by atoms with Crippen LogP contribution in [0.4, 0.5) is 0 Å². The van der Waals surface area contributed by atoms with Gasteiger partial charge in [-0.25, -0.2) is 16.8 Å². The molecule has 11 heteroatoms. The van der Waals surface area contributed by atoms with Crippen molar-refractivity contribution in [2.45, 2.75) is 285 Å². The van der Waals surface area contributed by atoms with Crippen molar-refractivity contribution in [1.29, 1.82) is 0 Å². The molecule has 0 saturated carbocycles. The van der Waals surface area contributed by atoms with Gasteiger partial charge >= 0.3 is 37.7 Å². The molecule has 0 aromatic rings. The normalized spacial score (nSPS) is 13.0. The van der Waals surface area contributed by atoms with Crippen LogP contribution in [0, 0.1) is 11.8 Å². The fourth-order valence-corrected chi connectivity index (χ4v) is 8.65. The van der Waals surface area contributed by atoms with E-state index in [9.17, 15) is 25.9 Å². The van der Waals surface area contributed by atoms with Crippen LogP contribution in [0.2, 0.25) is 0 Å². The van der Waals surface area contributed by atoms with Gasteiger partial charge in [0, 0.05) is 11.8 Å². The van der Waals surface area contributed by atoms with Crippen molar-refractivity contribution in [3.63, 3.8) is 0 Å². The van der Waals surface area contributed by atoms with Gasteiger partial charge in [-0.15, -0.1) is 0 Å². The molecule has 0 aliphatic heterocycles. The van der Waals surface area contributed by atoms with E-state index >= 15 is 0 Å². The summed E-state index contributed by atoms with van der Waals surface area (Å²) in [6.07, 6.45) is 58.8. The van der Waals surface area contributed by atoms with Gasteiger partial charge in [0.1, 0.15) is 0 Å². The van der Waals surface area contributed by atoms with Gasteiger partial charge in [0.05, 0.1) is 13.2 Å². The van der Waals surface area contributed by atoms with Crippen molar-refractivity contribution in [2.75, 3.05) is 13.2 Å². The molecule has 0 amide bonds. The number of allylic oxidation sites excluding steroid dienone is 2. The summed E-state index contributed by atoms with van der Waals surface area (Å²) in [5, 5.41) is 0. The Kier molecular flexibility index (Phi) is 57.5. The van der Waals surface area contributed by atoms with Gasteiger partial charge in [0.25, 0.3) is 0 Å². The molecule has 63 heavy (non-hydrogen) atoms. The fourth-order valence-electron chi connectivity index (χ4n) is 7.97. The minimum absolute atomic E-state index is 0. The largest absolute Gasteiger partial charge is 2.00 e. The minimum atomic E-state index is -4.61. The average Bonchev–Trinajstić information content (AvgIpc) is 3.23. The summed E-state index contributed by atoms with van der Waals surface area (Å²) in [6, 6.07) is 0. The Balaban J connectivity index is -0.00000112. The summed E-state index contributed by atoms with van der Waals surface area (Å²) >= 11 is 0. The molecule has 0 aromatic carbocycles. The van der Waals surface area contributed by atoms with Crippen molar-refractivity contribution in [3.05, 3.63) is 24.3 Å². The molecule has 2 atom stereocenters. The third-order valence-electron chi connectivity index (χ3n) is 12.0. The third kappa shape index (κ3) is 62.5. The second kappa shape index (κ2) is 53.4. The number of unbranched alkanes of at least 4 members (excludes halogenated alkanes) is 34.